The van der Waals surface area contributed by atoms with E-state index < -0.39 is 21.6 Å². The van der Waals surface area contributed by atoms with Crippen molar-refractivity contribution in [3.8, 4) is 0 Å². The van der Waals surface area contributed by atoms with Gasteiger partial charge in [-0.1, -0.05) is 13.8 Å². The highest BCUT2D eigenvalue weighted by atomic mass is 32.2. The van der Waals surface area contributed by atoms with Gasteiger partial charge in [-0.3, -0.25) is 9.59 Å². The molecule has 1 aromatic carbocycles. The fraction of sp³-hybridized carbons (Fsp3) is 0.600. The fourth-order valence-corrected chi connectivity index (χ4v) is 4.52. The van der Waals surface area contributed by atoms with Gasteiger partial charge in [-0.05, 0) is 63.3 Å². The van der Waals surface area contributed by atoms with Crippen molar-refractivity contribution < 1.29 is 18.0 Å². The normalized spacial score (nSPS) is 15.5. The maximum Gasteiger partial charge on any atom is 0.241 e. The summed E-state index contributed by atoms with van der Waals surface area (Å²) in [7, 11) is -3.88. The molecule has 2 N–H and O–H groups in total. The number of anilines is 1. The molecule has 0 saturated heterocycles. The number of rotatable bonds is 6. The number of benzene rings is 1. The Hall–Kier alpha value is -1.93. The number of sulfonamides is 1. The molecule has 0 aliphatic carbocycles. The van der Waals surface area contributed by atoms with Crippen LogP contribution in [0.2, 0.25) is 0 Å². The maximum absolute atomic E-state index is 12.9. The van der Waals surface area contributed by atoms with E-state index in [1.54, 1.807) is 17.0 Å². The van der Waals surface area contributed by atoms with E-state index in [1.807, 2.05) is 34.6 Å². The summed E-state index contributed by atoms with van der Waals surface area (Å²) in [6.07, 6.45) is 1.00. The summed E-state index contributed by atoms with van der Waals surface area (Å²) >= 11 is 0. The highest BCUT2D eigenvalue weighted by Crippen LogP contribution is 2.30. The Bertz CT molecular complexity index is 857. The molecule has 7 nitrogen and oxygen atoms in total. The predicted octanol–water partition coefficient (Wildman–Crippen LogP) is 2.20. The van der Waals surface area contributed by atoms with Crippen molar-refractivity contribution in [3.05, 3.63) is 23.8 Å². The van der Waals surface area contributed by atoms with Gasteiger partial charge in [0.15, 0.2) is 0 Å². The molecule has 2 amide bonds. The van der Waals surface area contributed by atoms with Gasteiger partial charge in [-0.15, -0.1) is 0 Å². The minimum atomic E-state index is -3.88. The minimum absolute atomic E-state index is 0.0664. The van der Waals surface area contributed by atoms with Crippen molar-refractivity contribution in [2.75, 3.05) is 11.4 Å². The summed E-state index contributed by atoms with van der Waals surface area (Å²) in [4.78, 5) is 26.0. The summed E-state index contributed by atoms with van der Waals surface area (Å²) in [5.41, 5.74) is 1.11. The molecule has 156 valence electrons. The quantitative estimate of drug-likeness (QED) is 0.753. The van der Waals surface area contributed by atoms with Gasteiger partial charge in [0.05, 0.1) is 4.90 Å². The molecule has 1 heterocycles. The van der Waals surface area contributed by atoms with Gasteiger partial charge in [-0.25, -0.2) is 8.42 Å². The van der Waals surface area contributed by atoms with Gasteiger partial charge < -0.3 is 10.2 Å². The third kappa shape index (κ3) is 5.54. The van der Waals surface area contributed by atoms with Crippen LogP contribution in [0.15, 0.2) is 23.1 Å². The molecule has 1 aliphatic heterocycles. The highest BCUT2D eigenvalue weighted by molar-refractivity contribution is 7.89. The van der Waals surface area contributed by atoms with Gasteiger partial charge >= 0.3 is 0 Å². The first-order chi connectivity index (χ1) is 12.8. The molecule has 1 aliphatic rings. The first kappa shape index (κ1) is 22.4. The van der Waals surface area contributed by atoms with Gasteiger partial charge in [-0.2, -0.15) is 4.72 Å². The standard InChI is InChI=1S/C20H31N3O4S/c1-13(2)11-17(19(25)21-20(4,5)6)22-28(26,27)16-7-8-18-15(12-16)9-10-23(18)14(3)24/h7-8,12-13,17,22H,9-11H2,1-6H3,(H,21,25). The van der Waals surface area contributed by atoms with Crippen LogP contribution in [0.25, 0.3) is 0 Å². The molecule has 2 rings (SSSR count). The lowest BCUT2D eigenvalue weighted by Crippen LogP contribution is -2.52. The Morgan fingerprint density at radius 2 is 1.86 bits per heavy atom. The smallest absolute Gasteiger partial charge is 0.241 e. The zero-order valence-electron chi connectivity index (χ0n) is 17.5. The van der Waals surface area contributed by atoms with Crippen molar-refractivity contribution in [2.24, 2.45) is 5.92 Å². The molecule has 0 spiro atoms. The molecule has 0 radical (unpaired) electrons. The molecular formula is C20H31N3O4S. The van der Waals surface area contributed by atoms with Crippen molar-refractivity contribution >= 4 is 27.5 Å². The molecule has 28 heavy (non-hydrogen) atoms. The van der Waals surface area contributed by atoms with Crippen LogP contribution in [-0.4, -0.2) is 38.4 Å². The molecule has 0 saturated carbocycles. The summed E-state index contributed by atoms with van der Waals surface area (Å²) in [5.74, 6) is -0.264. The largest absolute Gasteiger partial charge is 0.350 e. The Morgan fingerprint density at radius 3 is 2.39 bits per heavy atom. The van der Waals surface area contributed by atoms with E-state index in [-0.39, 0.29) is 22.6 Å². The Balaban J connectivity index is 2.27. The van der Waals surface area contributed by atoms with E-state index in [0.717, 1.165) is 11.3 Å². The Labute approximate surface area is 167 Å². The zero-order chi connectivity index (χ0) is 21.3. The second-order valence-corrected chi connectivity index (χ2v) is 10.5. The lowest BCUT2D eigenvalue weighted by molar-refractivity contribution is -0.124. The summed E-state index contributed by atoms with van der Waals surface area (Å²) in [6, 6.07) is 3.88. The molecular weight excluding hydrogens is 378 g/mol. The van der Waals surface area contributed by atoms with E-state index in [9.17, 15) is 18.0 Å². The number of fused-ring (bicyclic) bond motifs is 1. The maximum atomic E-state index is 12.9. The average Bonchev–Trinajstić information content (AvgIpc) is 2.95. The number of amides is 2. The van der Waals surface area contributed by atoms with Crippen molar-refractivity contribution in [2.45, 2.75) is 70.9 Å². The van der Waals surface area contributed by atoms with E-state index in [4.69, 9.17) is 0 Å². The second-order valence-electron chi connectivity index (χ2n) is 8.75. The Kier molecular flexibility index (Phi) is 6.55. The highest BCUT2D eigenvalue weighted by Gasteiger charge is 2.30. The molecule has 0 bridgehead atoms. The van der Waals surface area contributed by atoms with E-state index in [1.165, 1.54) is 13.0 Å². The van der Waals surface area contributed by atoms with Crippen LogP contribution in [0.5, 0.6) is 0 Å². The number of hydrogen-bond donors (Lipinski definition) is 2. The number of nitrogens with one attached hydrogen (secondary N) is 2. The first-order valence-corrected chi connectivity index (χ1v) is 11.0. The van der Waals surface area contributed by atoms with Crippen molar-refractivity contribution in [1.29, 1.82) is 0 Å². The monoisotopic (exact) mass is 409 g/mol. The van der Waals surface area contributed by atoms with Crippen LogP contribution in [0.3, 0.4) is 0 Å². The van der Waals surface area contributed by atoms with E-state index >= 15 is 0 Å². The van der Waals surface area contributed by atoms with Crippen molar-refractivity contribution in [3.63, 3.8) is 0 Å². The number of hydrogen-bond acceptors (Lipinski definition) is 4. The van der Waals surface area contributed by atoms with Gasteiger partial charge in [0.2, 0.25) is 21.8 Å². The molecule has 0 aromatic heterocycles. The van der Waals surface area contributed by atoms with E-state index in [0.29, 0.717) is 19.4 Å². The average molecular weight is 410 g/mol. The zero-order valence-corrected chi connectivity index (χ0v) is 18.3. The van der Waals surface area contributed by atoms with Crippen LogP contribution in [0, 0.1) is 5.92 Å². The summed E-state index contributed by atoms with van der Waals surface area (Å²) in [6.45, 7) is 11.5. The van der Waals surface area contributed by atoms with E-state index in [2.05, 4.69) is 10.0 Å². The lowest BCUT2D eigenvalue weighted by atomic mass is 10.0. The summed E-state index contributed by atoms with van der Waals surface area (Å²) in [5, 5.41) is 2.85. The Morgan fingerprint density at radius 1 is 1.21 bits per heavy atom. The number of carbonyl (C=O) groups is 2. The predicted molar refractivity (Wildman–Crippen MR) is 110 cm³/mol. The lowest BCUT2D eigenvalue weighted by Gasteiger charge is -2.26. The van der Waals surface area contributed by atoms with Crippen LogP contribution in [0.4, 0.5) is 5.69 Å². The molecule has 8 heteroatoms. The molecule has 1 unspecified atom stereocenters. The van der Waals surface area contributed by atoms with Gasteiger partial charge in [0, 0.05) is 24.7 Å². The first-order valence-electron chi connectivity index (χ1n) is 9.55. The topological polar surface area (TPSA) is 95.6 Å². The van der Waals surface area contributed by atoms with Gasteiger partial charge in [0.1, 0.15) is 6.04 Å². The third-order valence-electron chi connectivity index (χ3n) is 4.46. The molecule has 0 fully saturated rings. The SMILES string of the molecule is CC(=O)N1CCc2cc(S(=O)(=O)NC(CC(C)C)C(=O)NC(C)(C)C)ccc21. The number of carbonyl (C=O) groups excluding carboxylic acids is 2. The van der Waals surface area contributed by atoms with Crippen LogP contribution in [-0.2, 0) is 26.0 Å². The fourth-order valence-electron chi connectivity index (χ4n) is 3.26. The second kappa shape index (κ2) is 8.21. The van der Waals surface area contributed by atoms with Crippen LogP contribution < -0.4 is 14.9 Å². The summed E-state index contributed by atoms with van der Waals surface area (Å²) < 4.78 is 28.4. The van der Waals surface area contributed by atoms with Gasteiger partial charge in [0.25, 0.3) is 0 Å². The van der Waals surface area contributed by atoms with Crippen LogP contribution in [0.1, 0.15) is 53.5 Å². The minimum Gasteiger partial charge on any atom is -0.350 e. The molecule has 1 atom stereocenters. The third-order valence-corrected chi connectivity index (χ3v) is 5.93. The van der Waals surface area contributed by atoms with Crippen LogP contribution >= 0.6 is 0 Å². The molecule has 1 aromatic rings. The number of nitrogens with zero attached hydrogens (tertiary/aromatic N) is 1. The van der Waals surface area contributed by atoms with Crippen molar-refractivity contribution in [1.82, 2.24) is 10.0 Å².